The van der Waals surface area contributed by atoms with Crippen molar-refractivity contribution in [1.82, 2.24) is 0 Å². The van der Waals surface area contributed by atoms with E-state index in [9.17, 15) is 0 Å². The molecule has 0 aliphatic carbocycles. The standard InChI is InChI=1S/C54H35NO/c1-3-14-36(15-4-1)45-31-30-43(35-50(45)37-16-5-2-6-17-37)55(52-25-13-24-48-51-32-39-18-7-8-19-40(39)34-53(51)56-54(48)52)42-28-26-38(27-29-42)49-33-41-20-9-10-21-44(41)46-22-11-12-23-47(46)49/h1-35H. The maximum atomic E-state index is 6.86. The fourth-order valence-electron chi connectivity index (χ4n) is 8.55. The summed E-state index contributed by atoms with van der Waals surface area (Å²) in [4.78, 5) is 2.36. The second-order valence-corrected chi connectivity index (χ2v) is 14.5. The molecular weight excluding hydrogens is 679 g/mol. The summed E-state index contributed by atoms with van der Waals surface area (Å²) >= 11 is 0. The fraction of sp³-hybridized carbons (Fsp3) is 0. The summed E-state index contributed by atoms with van der Waals surface area (Å²) in [6.45, 7) is 0. The zero-order valence-corrected chi connectivity index (χ0v) is 30.6. The third-order valence-electron chi connectivity index (χ3n) is 11.2. The van der Waals surface area contributed by atoms with E-state index >= 15 is 0 Å². The predicted octanol–water partition coefficient (Wildman–Crippen LogP) is 15.5. The van der Waals surface area contributed by atoms with E-state index in [-0.39, 0.29) is 0 Å². The van der Waals surface area contributed by atoms with Crippen LogP contribution in [0.1, 0.15) is 0 Å². The molecule has 0 fully saturated rings. The Morgan fingerprint density at radius 1 is 0.304 bits per heavy atom. The first-order valence-electron chi connectivity index (χ1n) is 19.2. The Hall–Kier alpha value is -7.42. The van der Waals surface area contributed by atoms with Gasteiger partial charge < -0.3 is 9.32 Å². The zero-order valence-electron chi connectivity index (χ0n) is 30.6. The van der Waals surface area contributed by atoms with E-state index < -0.39 is 0 Å². The predicted molar refractivity (Wildman–Crippen MR) is 237 cm³/mol. The van der Waals surface area contributed by atoms with E-state index in [2.05, 4.69) is 217 Å². The lowest BCUT2D eigenvalue weighted by Crippen LogP contribution is -2.10. The van der Waals surface area contributed by atoms with Gasteiger partial charge in [0.05, 0.1) is 5.69 Å². The van der Waals surface area contributed by atoms with Crippen LogP contribution in [-0.2, 0) is 0 Å². The van der Waals surface area contributed by atoms with Gasteiger partial charge >= 0.3 is 0 Å². The van der Waals surface area contributed by atoms with Gasteiger partial charge in [0.2, 0.25) is 0 Å². The number of fused-ring (bicyclic) bond motifs is 7. The molecule has 1 heterocycles. The minimum atomic E-state index is 0.857. The van der Waals surface area contributed by atoms with Gasteiger partial charge in [0, 0.05) is 22.1 Å². The smallest absolute Gasteiger partial charge is 0.159 e. The van der Waals surface area contributed by atoms with Crippen LogP contribution in [0.25, 0.3) is 87.6 Å². The quantitative estimate of drug-likeness (QED) is 0.160. The van der Waals surface area contributed by atoms with Crippen molar-refractivity contribution in [3.63, 3.8) is 0 Å². The lowest BCUT2D eigenvalue weighted by atomic mass is 9.93. The largest absolute Gasteiger partial charge is 0.454 e. The van der Waals surface area contributed by atoms with Crippen LogP contribution in [0.15, 0.2) is 217 Å². The monoisotopic (exact) mass is 713 g/mol. The molecule has 56 heavy (non-hydrogen) atoms. The van der Waals surface area contributed by atoms with Crippen LogP contribution in [0, 0.1) is 0 Å². The second kappa shape index (κ2) is 13.2. The molecule has 0 radical (unpaired) electrons. The van der Waals surface area contributed by atoms with Crippen LogP contribution in [0.4, 0.5) is 17.1 Å². The van der Waals surface area contributed by atoms with Crippen molar-refractivity contribution in [2.24, 2.45) is 0 Å². The van der Waals surface area contributed by atoms with Crippen molar-refractivity contribution in [3.05, 3.63) is 212 Å². The Morgan fingerprint density at radius 3 is 1.62 bits per heavy atom. The van der Waals surface area contributed by atoms with Gasteiger partial charge in [0.1, 0.15) is 5.58 Å². The van der Waals surface area contributed by atoms with Gasteiger partial charge in [-0.1, -0.05) is 164 Å². The normalized spacial score (nSPS) is 11.6. The summed E-state index contributed by atoms with van der Waals surface area (Å²) in [6.07, 6.45) is 0. The molecule has 0 bridgehead atoms. The zero-order chi connectivity index (χ0) is 37.0. The van der Waals surface area contributed by atoms with E-state index in [4.69, 9.17) is 4.42 Å². The van der Waals surface area contributed by atoms with Gasteiger partial charge in [-0.3, -0.25) is 0 Å². The molecule has 11 aromatic rings. The molecule has 0 N–H and O–H groups in total. The Balaban J connectivity index is 1.13. The maximum absolute atomic E-state index is 6.86. The number of hydrogen-bond donors (Lipinski definition) is 0. The van der Waals surface area contributed by atoms with Gasteiger partial charge in [-0.15, -0.1) is 0 Å². The van der Waals surface area contributed by atoms with Crippen LogP contribution in [0.5, 0.6) is 0 Å². The lowest BCUT2D eigenvalue weighted by Gasteiger charge is -2.27. The number of nitrogens with zero attached hydrogens (tertiary/aromatic N) is 1. The molecule has 1 aromatic heterocycles. The minimum absolute atomic E-state index is 0.857. The number of para-hydroxylation sites is 1. The van der Waals surface area contributed by atoms with Crippen molar-refractivity contribution in [3.8, 4) is 33.4 Å². The van der Waals surface area contributed by atoms with E-state index in [1.807, 2.05) is 0 Å². The van der Waals surface area contributed by atoms with Crippen molar-refractivity contribution in [2.45, 2.75) is 0 Å². The van der Waals surface area contributed by atoms with Gasteiger partial charge in [-0.25, -0.2) is 0 Å². The number of furan rings is 1. The molecule has 2 heteroatoms. The van der Waals surface area contributed by atoms with Crippen LogP contribution in [0.2, 0.25) is 0 Å². The molecular formula is C54H35NO. The number of anilines is 3. The molecule has 11 rings (SSSR count). The molecule has 0 saturated carbocycles. The molecule has 0 amide bonds. The SMILES string of the molecule is c1ccc(-c2ccc(N(c3ccc(-c4cc5ccccc5c5ccccc45)cc3)c3cccc4c3oc3cc5ccccc5cc34)cc2-c2ccccc2)cc1. The van der Waals surface area contributed by atoms with Crippen LogP contribution in [-0.4, -0.2) is 0 Å². The Bertz CT molecular complexity index is 3230. The molecule has 0 spiro atoms. The van der Waals surface area contributed by atoms with Crippen LogP contribution >= 0.6 is 0 Å². The summed E-state index contributed by atoms with van der Waals surface area (Å²) in [6, 6.07) is 76.4. The molecule has 0 saturated heterocycles. The van der Waals surface area contributed by atoms with Gasteiger partial charge in [0.15, 0.2) is 5.58 Å². The average molecular weight is 714 g/mol. The maximum Gasteiger partial charge on any atom is 0.159 e. The van der Waals surface area contributed by atoms with E-state index in [0.717, 1.165) is 39.0 Å². The highest BCUT2D eigenvalue weighted by Gasteiger charge is 2.22. The highest BCUT2D eigenvalue weighted by molar-refractivity contribution is 6.15. The van der Waals surface area contributed by atoms with Crippen LogP contribution in [0.3, 0.4) is 0 Å². The average Bonchev–Trinajstić information content (AvgIpc) is 3.64. The van der Waals surface area contributed by atoms with Crippen molar-refractivity contribution in [1.29, 1.82) is 0 Å². The molecule has 262 valence electrons. The third-order valence-corrected chi connectivity index (χ3v) is 11.2. The number of rotatable bonds is 6. The number of benzene rings is 10. The first-order valence-corrected chi connectivity index (χ1v) is 19.2. The highest BCUT2D eigenvalue weighted by atomic mass is 16.3. The molecule has 0 aliphatic heterocycles. The Kier molecular flexibility index (Phi) is 7.53. The molecule has 0 atom stereocenters. The molecule has 0 unspecified atom stereocenters. The Morgan fingerprint density at radius 2 is 0.875 bits per heavy atom. The number of hydrogen-bond acceptors (Lipinski definition) is 2. The minimum Gasteiger partial charge on any atom is -0.454 e. The summed E-state index contributed by atoms with van der Waals surface area (Å²) in [5.41, 5.74) is 11.9. The topological polar surface area (TPSA) is 16.4 Å². The van der Waals surface area contributed by atoms with Crippen molar-refractivity contribution >= 4 is 71.3 Å². The fourth-order valence-corrected chi connectivity index (χ4v) is 8.55. The summed E-state index contributed by atoms with van der Waals surface area (Å²) in [7, 11) is 0. The Labute approximate surface area is 325 Å². The van der Waals surface area contributed by atoms with Gasteiger partial charge in [-0.2, -0.15) is 0 Å². The van der Waals surface area contributed by atoms with Crippen molar-refractivity contribution in [2.75, 3.05) is 4.90 Å². The lowest BCUT2D eigenvalue weighted by molar-refractivity contribution is 0.669. The molecule has 10 aromatic carbocycles. The summed E-state index contributed by atoms with van der Waals surface area (Å²) < 4.78 is 6.86. The first kappa shape index (κ1) is 32.0. The van der Waals surface area contributed by atoms with Gasteiger partial charge in [-0.05, 0) is 114 Å². The first-order chi connectivity index (χ1) is 27.8. The molecule has 0 aliphatic rings. The van der Waals surface area contributed by atoms with E-state index in [0.29, 0.717) is 0 Å². The summed E-state index contributed by atoms with van der Waals surface area (Å²) in [5.74, 6) is 0. The van der Waals surface area contributed by atoms with Gasteiger partial charge in [0.25, 0.3) is 0 Å². The van der Waals surface area contributed by atoms with E-state index in [1.165, 1.54) is 65.7 Å². The third kappa shape index (κ3) is 5.34. The van der Waals surface area contributed by atoms with E-state index in [1.54, 1.807) is 0 Å². The second-order valence-electron chi connectivity index (χ2n) is 14.5. The summed E-state index contributed by atoms with van der Waals surface area (Å²) in [5, 5.41) is 9.60. The van der Waals surface area contributed by atoms with Crippen LogP contribution < -0.4 is 4.90 Å². The highest BCUT2D eigenvalue weighted by Crippen LogP contribution is 2.46. The van der Waals surface area contributed by atoms with Crippen molar-refractivity contribution < 1.29 is 4.42 Å². The molecule has 2 nitrogen and oxygen atoms in total.